The molecule has 0 radical (unpaired) electrons. The van der Waals surface area contributed by atoms with E-state index in [1.807, 2.05) is 6.07 Å². The molecule has 0 bridgehead atoms. The van der Waals surface area contributed by atoms with Crippen molar-refractivity contribution in [1.82, 2.24) is 20.2 Å². The Kier molecular flexibility index (Phi) is 7.10. The summed E-state index contributed by atoms with van der Waals surface area (Å²) in [6.07, 6.45) is 3.55. The first-order chi connectivity index (χ1) is 13.7. The van der Waals surface area contributed by atoms with Gasteiger partial charge in [0.1, 0.15) is 0 Å². The third kappa shape index (κ3) is 5.61. The van der Waals surface area contributed by atoms with E-state index in [9.17, 15) is 4.79 Å². The number of methoxy groups -OCH3 is 1. The van der Waals surface area contributed by atoms with Gasteiger partial charge in [-0.05, 0) is 42.5 Å². The van der Waals surface area contributed by atoms with Gasteiger partial charge in [0, 0.05) is 57.3 Å². The van der Waals surface area contributed by atoms with Crippen LogP contribution in [-0.2, 0) is 4.74 Å². The van der Waals surface area contributed by atoms with Crippen molar-refractivity contribution in [3.05, 3.63) is 48.3 Å². The zero-order chi connectivity index (χ0) is 19.8. The highest BCUT2D eigenvalue weighted by atomic mass is 32.1. The number of aromatic nitrogens is 2. The Hall–Kier alpha value is -2.78. The normalized spacial score (nSPS) is 14.4. The summed E-state index contributed by atoms with van der Waals surface area (Å²) < 4.78 is 4.69. The maximum absolute atomic E-state index is 11.4. The van der Waals surface area contributed by atoms with Crippen LogP contribution in [0.1, 0.15) is 10.4 Å². The highest BCUT2D eigenvalue weighted by Gasteiger charge is 2.18. The maximum Gasteiger partial charge on any atom is 0.337 e. The van der Waals surface area contributed by atoms with E-state index in [0.717, 1.165) is 50.9 Å². The van der Waals surface area contributed by atoms with Crippen LogP contribution in [0.25, 0.3) is 0 Å². The maximum atomic E-state index is 11.4. The van der Waals surface area contributed by atoms with E-state index in [1.165, 1.54) is 7.11 Å². The zero-order valence-electron chi connectivity index (χ0n) is 15.8. The van der Waals surface area contributed by atoms with Gasteiger partial charge in [0.2, 0.25) is 5.95 Å². The topological polar surface area (TPSA) is 82.6 Å². The van der Waals surface area contributed by atoms with Crippen LogP contribution in [-0.4, -0.2) is 72.3 Å². The summed E-state index contributed by atoms with van der Waals surface area (Å²) in [5, 5.41) is 6.89. The number of nitrogens with zero attached hydrogens (tertiary/aromatic N) is 4. The molecule has 0 amide bonds. The summed E-state index contributed by atoms with van der Waals surface area (Å²) >= 11 is 5.34. The molecule has 1 aliphatic heterocycles. The number of hydrogen-bond acceptors (Lipinski definition) is 7. The van der Waals surface area contributed by atoms with Gasteiger partial charge in [-0.15, -0.1) is 0 Å². The Morgan fingerprint density at radius 3 is 2.46 bits per heavy atom. The van der Waals surface area contributed by atoms with Gasteiger partial charge in [0.05, 0.1) is 12.7 Å². The van der Waals surface area contributed by atoms with E-state index in [-0.39, 0.29) is 5.97 Å². The highest BCUT2D eigenvalue weighted by molar-refractivity contribution is 7.80. The van der Waals surface area contributed by atoms with Gasteiger partial charge in [0.25, 0.3) is 0 Å². The lowest BCUT2D eigenvalue weighted by Gasteiger charge is -2.34. The summed E-state index contributed by atoms with van der Waals surface area (Å²) in [5.41, 5.74) is 1.33. The number of carbonyl (C=O) groups is 1. The number of anilines is 2. The summed E-state index contributed by atoms with van der Waals surface area (Å²) in [6, 6.07) is 8.82. The van der Waals surface area contributed by atoms with E-state index < -0.39 is 0 Å². The molecule has 2 N–H and O–H groups in total. The van der Waals surface area contributed by atoms with Crippen molar-refractivity contribution >= 4 is 34.9 Å². The quantitative estimate of drug-likeness (QED) is 0.552. The SMILES string of the molecule is COC(=O)c1ccc(NC(=S)NCCN2CCN(c3ncccn3)CC2)cc1. The molecule has 3 rings (SSSR count). The smallest absolute Gasteiger partial charge is 0.337 e. The van der Waals surface area contributed by atoms with Crippen LogP contribution in [0, 0.1) is 0 Å². The fourth-order valence-electron chi connectivity index (χ4n) is 2.94. The number of rotatable bonds is 6. The number of thiocarbonyl (C=S) groups is 1. The first-order valence-electron chi connectivity index (χ1n) is 9.13. The molecule has 2 aromatic rings. The lowest BCUT2D eigenvalue weighted by atomic mass is 10.2. The Morgan fingerprint density at radius 2 is 1.82 bits per heavy atom. The fourth-order valence-corrected chi connectivity index (χ4v) is 3.16. The molecule has 2 heterocycles. The third-order valence-corrected chi connectivity index (χ3v) is 4.73. The van der Waals surface area contributed by atoms with Gasteiger partial charge in [0.15, 0.2) is 5.11 Å². The standard InChI is InChI=1S/C19H24N6O2S/c1-27-17(26)15-3-5-16(6-4-15)23-19(28)22-9-10-24-11-13-25(14-12-24)18-20-7-2-8-21-18/h2-8H,9-14H2,1H3,(H2,22,23,28). The molecular formula is C19H24N6O2S. The van der Waals surface area contributed by atoms with Gasteiger partial charge in [-0.25, -0.2) is 14.8 Å². The number of carbonyl (C=O) groups excluding carboxylic acids is 1. The molecule has 0 saturated carbocycles. The molecule has 1 saturated heterocycles. The fraction of sp³-hybridized carbons (Fsp3) is 0.368. The van der Waals surface area contributed by atoms with E-state index in [1.54, 1.807) is 36.7 Å². The molecule has 1 aromatic heterocycles. The minimum atomic E-state index is -0.355. The van der Waals surface area contributed by atoms with Crippen molar-refractivity contribution in [1.29, 1.82) is 0 Å². The Balaban J connectivity index is 1.35. The molecule has 9 heteroatoms. The van der Waals surface area contributed by atoms with Crippen LogP contribution < -0.4 is 15.5 Å². The third-order valence-electron chi connectivity index (χ3n) is 4.48. The predicted molar refractivity (Wildman–Crippen MR) is 113 cm³/mol. The zero-order valence-corrected chi connectivity index (χ0v) is 16.6. The minimum Gasteiger partial charge on any atom is -0.465 e. The van der Waals surface area contributed by atoms with E-state index in [2.05, 4.69) is 35.1 Å². The monoisotopic (exact) mass is 400 g/mol. The van der Waals surface area contributed by atoms with Crippen LogP contribution >= 0.6 is 12.2 Å². The summed E-state index contributed by atoms with van der Waals surface area (Å²) in [4.78, 5) is 24.6. The molecule has 1 aromatic carbocycles. The molecule has 0 unspecified atom stereocenters. The van der Waals surface area contributed by atoms with Crippen molar-refractivity contribution in [2.75, 3.05) is 56.6 Å². The van der Waals surface area contributed by atoms with Gasteiger partial charge in [-0.3, -0.25) is 4.90 Å². The van der Waals surface area contributed by atoms with Crippen LogP contribution in [0.5, 0.6) is 0 Å². The first kappa shape index (κ1) is 20.0. The second kappa shape index (κ2) is 9.95. The number of nitrogens with one attached hydrogen (secondary N) is 2. The number of ether oxygens (including phenoxy) is 1. The van der Waals surface area contributed by atoms with Gasteiger partial charge in [-0.2, -0.15) is 0 Å². The van der Waals surface area contributed by atoms with Crippen molar-refractivity contribution in [3.8, 4) is 0 Å². The first-order valence-corrected chi connectivity index (χ1v) is 9.54. The van der Waals surface area contributed by atoms with Crippen LogP contribution in [0.4, 0.5) is 11.6 Å². The predicted octanol–water partition coefficient (Wildman–Crippen LogP) is 1.37. The van der Waals surface area contributed by atoms with E-state index >= 15 is 0 Å². The van der Waals surface area contributed by atoms with Gasteiger partial charge < -0.3 is 20.3 Å². The van der Waals surface area contributed by atoms with Crippen molar-refractivity contribution in [3.63, 3.8) is 0 Å². The van der Waals surface area contributed by atoms with Crippen molar-refractivity contribution in [2.24, 2.45) is 0 Å². The summed E-state index contributed by atoms with van der Waals surface area (Å²) in [6.45, 7) is 5.43. The van der Waals surface area contributed by atoms with Crippen LogP contribution in [0.15, 0.2) is 42.7 Å². The number of hydrogen-bond donors (Lipinski definition) is 2. The number of benzene rings is 1. The molecule has 0 aliphatic carbocycles. The summed E-state index contributed by atoms with van der Waals surface area (Å²) in [7, 11) is 1.36. The highest BCUT2D eigenvalue weighted by Crippen LogP contribution is 2.11. The second-order valence-electron chi connectivity index (χ2n) is 6.33. The van der Waals surface area contributed by atoms with E-state index in [4.69, 9.17) is 12.2 Å². The second-order valence-corrected chi connectivity index (χ2v) is 6.74. The van der Waals surface area contributed by atoms with Crippen molar-refractivity contribution in [2.45, 2.75) is 0 Å². The number of esters is 1. The Bertz CT molecular complexity index is 779. The molecule has 1 fully saturated rings. The lowest BCUT2D eigenvalue weighted by Crippen LogP contribution is -2.49. The molecule has 28 heavy (non-hydrogen) atoms. The van der Waals surface area contributed by atoms with E-state index in [0.29, 0.717) is 10.7 Å². The number of piperazine rings is 1. The average molecular weight is 401 g/mol. The molecule has 148 valence electrons. The molecule has 8 nitrogen and oxygen atoms in total. The lowest BCUT2D eigenvalue weighted by molar-refractivity contribution is 0.0601. The largest absolute Gasteiger partial charge is 0.465 e. The Morgan fingerprint density at radius 1 is 1.14 bits per heavy atom. The van der Waals surface area contributed by atoms with Gasteiger partial charge in [-0.1, -0.05) is 0 Å². The molecule has 0 spiro atoms. The molecule has 1 aliphatic rings. The van der Waals surface area contributed by atoms with Crippen LogP contribution in [0.3, 0.4) is 0 Å². The summed E-state index contributed by atoms with van der Waals surface area (Å²) in [5.74, 6) is 0.440. The molecular weight excluding hydrogens is 376 g/mol. The van der Waals surface area contributed by atoms with Crippen molar-refractivity contribution < 1.29 is 9.53 Å². The average Bonchev–Trinajstić information content (AvgIpc) is 2.75. The minimum absolute atomic E-state index is 0.355. The van der Waals surface area contributed by atoms with Gasteiger partial charge >= 0.3 is 5.97 Å². The molecule has 0 atom stereocenters. The Labute approximate surface area is 169 Å². The van der Waals surface area contributed by atoms with Crippen LogP contribution in [0.2, 0.25) is 0 Å².